The van der Waals surface area contributed by atoms with Crippen molar-refractivity contribution < 1.29 is 9.53 Å². The zero-order valence-electron chi connectivity index (χ0n) is 14.7. The first-order valence-electron chi connectivity index (χ1n) is 9.24. The van der Waals surface area contributed by atoms with Crippen LogP contribution in [0.1, 0.15) is 30.1 Å². The van der Waals surface area contributed by atoms with Crippen molar-refractivity contribution in [3.63, 3.8) is 0 Å². The lowest BCUT2D eigenvalue weighted by atomic mass is 9.88. The number of ether oxygens (including phenoxy) is 1. The molecule has 2 atom stereocenters. The van der Waals surface area contributed by atoms with Crippen LogP contribution in [0.15, 0.2) is 72.8 Å². The third-order valence-electron chi connectivity index (χ3n) is 5.12. The molecule has 2 unspecified atom stereocenters. The van der Waals surface area contributed by atoms with Gasteiger partial charge in [0.25, 0.3) is 0 Å². The molecule has 1 saturated heterocycles. The number of amides is 1. The van der Waals surface area contributed by atoms with Crippen molar-refractivity contribution >= 4 is 16.7 Å². The summed E-state index contributed by atoms with van der Waals surface area (Å²) >= 11 is 0. The third kappa shape index (κ3) is 3.49. The monoisotopic (exact) mass is 345 g/mol. The predicted molar refractivity (Wildman–Crippen MR) is 104 cm³/mol. The van der Waals surface area contributed by atoms with Gasteiger partial charge in [-0.3, -0.25) is 4.79 Å². The lowest BCUT2D eigenvalue weighted by molar-refractivity contribution is -0.134. The molecule has 132 valence electrons. The maximum atomic E-state index is 12.9. The molecular weight excluding hydrogens is 322 g/mol. The summed E-state index contributed by atoms with van der Waals surface area (Å²) in [5.41, 5.74) is 2.22. The van der Waals surface area contributed by atoms with Crippen LogP contribution in [0.25, 0.3) is 10.8 Å². The van der Waals surface area contributed by atoms with Crippen molar-refractivity contribution in [3.05, 3.63) is 83.9 Å². The zero-order valence-corrected chi connectivity index (χ0v) is 14.7. The van der Waals surface area contributed by atoms with Crippen molar-refractivity contribution in [1.82, 2.24) is 5.32 Å². The van der Waals surface area contributed by atoms with Gasteiger partial charge in [-0.05, 0) is 34.7 Å². The van der Waals surface area contributed by atoms with Gasteiger partial charge in [-0.2, -0.15) is 0 Å². The lowest BCUT2D eigenvalue weighted by Gasteiger charge is -2.31. The summed E-state index contributed by atoms with van der Waals surface area (Å²) < 4.78 is 5.96. The minimum Gasteiger partial charge on any atom is -0.373 e. The highest BCUT2D eigenvalue weighted by molar-refractivity contribution is 5.86. The Morgan fingerprint density at radius 1 is 0.962 bits per heavy atom. The quantitative estimate of drug-likeness (QED) is 0.749. The molecule has 4 rings (SSSR count). The Labute approximate surface area is 154 Å². The van der Waals surface area contributed by atoms with Crippen LogP contribution in [0.2, 0.25) is 0 Å². The summed E-state index contributed by atoms with van der Waals surface area (Å²) in [6, 6.07) is 24.6. The van der Waals surface area contributed by atoms with E-state index in [1.807, 2.05) is 48.5 Å². The summed E-state index contributed by atoms with van der Waals surface area (Å²) in [5, 5.41) is 5.53. The van der Waals surface area contributed by atoms with E-state index in [9.17, 15) is 4.79 Å². The van der Waals surface area contributed by atoms with Crippen molar-refractivity contribution in [2.45, 2.75) is 25.5 Å². The van der Waals surface area contributed by atoms with E-state index in [1.165, 1.54) is 10.8 Å². The van der Waals surface area contributed by atoms with Crippen molar-refractivity contribution in [3.8, 4) is 0 Å². The fourth-order valence-electron chi connectivity index (χ4n) is 3.78. The molecule has 0 bridgehead atoms. The number of nitrogens with one attached hydrogen (secondary N) is 1. The fraction of sp³-hybridized carbons (Fsp3) is 0.261. The molecule has 1 aliphatic rings. The Balaban J connectivity index is 1.50. The molecule has 0 aliphatic carbocycles. The molecule has 1 heterocycles. The standard InChI is InChI=1S/C23H23NO2/c25-23(21-14-7-15-26-22(21)18-9-2-1-3-10-18)24-16-19-12-6-11-17-8-4-5-13-20(17)19/h1-6,8-13,21-22H,7,14-16H2,(H,24,25). The molecule has 1 aliphatic heterocycles. The van der Waals surface area contributed by atoms with Gasteiger partial charge in [0.05, 0.1) is 12.0 Å². The van der Waals surface area contributed by atoms with Gasteiger partial charge in [0.2, 0.25) is 5.91 Å². The second-order valence-electron chi connectivity index (χ2n) is 6.81. The molecule has 3 nitrogen and oxygen atoms in total. The molecule has 1 fully saturated rings. The molecule has 3 aromatic carbocycles. The molecule has 1 N–H and O–H groups in total. The molecule has 0 saturated carbocycles. The molecule has 26 heavy (non-hydrogen) atoms. The molecular formula is C23H23NO2. The minimum atomic E-state index is -0.155. The molecule has 3 aromatic rings. The van der Waals surface area contributed by atoms with Crippen LogP contribution in [-0.4, -0.2) is 12.5 Å². The number of hydrogen-bond acceptors (Lipinski definition) is 2. The van der Waals surface area contributed by atoms with Gasteiger partial charge < -0.3 is 10.1 Å². The number of hydrogen-bond donors (Lipinski definition) is 1. The summed E-state index contributed by atoms with van der Waals surface area (Å²) in [6.45, 7) is 1.25. The fourth-order valence-corrected chi connectivity index (χ4v) is 3.78. The van der Waals surface area contributed by atoms with Crippen LogP contribution >= 0.6 is 0 Å². The van der Waals surface area contributed by atoms with Gasteiger partial charge in [-0.15, -0.1) is 0 Å². The molecule has 1 amide bonds. The van der Waals surface area contributed by atoms with E-state index in [0.717, 1.165) is 24.0 Å². The average molecular weight is 345 g/mol. The predicted octanol–water partition coefficient (Wildman–Crippen LogP) is 4.62. The maximum absolute atomic E-state index is 12.9. The number of fused-ring (bicyclic) bond motifs is 1. The van der Waals surface area contributed by atoms with E-state index in [0.29, 0.717) is 13.2 Å². The van der Waals surface area contributed by atoms with Crippen molar-refractivity contribution in [2.75, 3.05) is 6.61 Å². The normalized spacial score (nSPS) is 20.0. The Morgan fingerprint density at radius 3 is 2.62 bits per heavy atom. The van der Waals surface area contributed by atoms with Crippen LogP contribution < -0.4 is 5.32 Å². The largest absolute Gasteiger partial charge is 0.373 e. The van der Waals surface area contributed by atoms with Crippen LogP contribution in [0.5, 0.6) is 0 Å². The molecule has 0 aromatic heterocycles. The smallest absolute Gasteiger partial charge is 0.226 e. The van der Waals surface area contributed by atoms with Crippen molar-refractivity contribution in [2.24, 2.45) is 5.92 Å². The van der Waals surface area contributed by atoms with Gasteiger partial charge in [-0.1, -0.05) is 72.8 Å². The summed E-state index contributed by atoms with van der Waals surface area (Å²) in [5.74, 6) is -0.0624. The number of carbonyl (C=O) groups excluding carboxylic acids is 1. The Kier molecular flexibility index (Phi) is 4.98. The highest BCUT2D eigenvalue weighted by Gasteiger charge is 2.32. The van der Waals surface area contributed by atoms with Crippen LogP contribution in [-0.2, 0) is 16.1 Å². The highest BCUT2D eigenvalue weighted by atomic mass is 16.5. The number of benzene rings is 3. The van der Waals surface area contributed by atoms with E-state index < -0.39 is 0 Å². The van der Waals surface area contributed by atoms with E-state index in [-0.39, 0.29) is 17.9 Å². The Hall–Kier alpha value is -2.65. The van der Waals surface area contributed by atoms with Crippen LogP contribution in [0.4, 0.5) is 0 Å². The van der Waals surface area contributed by atoms with Gasteiger partial charge >= 0.3 is 0 Å². The van der Waals surface area contributed by atoms with Gasteiger partial charge in [-0.25, -0.2) is 0 Å². The van der Waals surface area contributed by atoms with E-state index in [1.54, 1.807) is 0 Å². The van der Waals surface area contributed by atoms with Crippen molar-refractivity contribution in [1.29, 1.82) is 0 Å². The average Bonchev–Trinajstić information content (AvgIpc) is 2.72. The molecule has 3 heteroatoms. The van der Waals surface area contributed by atoms with E-state index in [2.05, 4.69) is 29.6 Å². The first-order chi connectivity index (χ1) is 12.8. The van der Waals surface area contributed by atoms with Crippen LogP contribution in [0, 0.1) is 5.92 Å². The van der Waals surface area contributed by atoms with E-state index >= 15 is 0 Å². The SMILES string of the molecule is O=C(NCc1cccc2ccccc12)C1CCCOC1c1ccccc1. The van der Waals surface area contributed by atoms with E-state index in [4.69, 9.17) is 4.74 Å². The van der Waals surface area contributed by atoms with Gasteiger partial charge in [0.15, 0.2) is 0 Å². The second-order valence-corrected chi connectivity index (χ2v) is 6.81. The lowest BCUT2D eigenvalue weighted by Crippen LogP contribution is -2.37. The topological polar surface area (TPSA) is 38.3 Å². The Bertz CT molecular complexity index is 886. The summed E-state index contributed by atoms with van der Waals surface area (Å²) in [4.78, 5) is 12.9. The first-order valence-corrected chi connectivity index (χ1v) is 9.24. The summed E-state index contributed by atoms with van der Waals surface area (Å²) in [6.07, 6.45) is 1.63. The van der Waals surface area contributed by atoms with Crippen LogP contribution in [0.3, 0.4) is 0 Å². The Morgan fingerprint density at radius 2 is 1.73 bits per heavy atom. The van der Waals surface area contributed by atoms with Gasteiger partial charge in [0.1, 0.15) is 0 Å². The molecule has 0 spiro atoms. The number of carbonyl (C=O) groups is 1. The zero-order chi connectivity index (χ0) is 17.8. The first kappa shape index (κ1) is 16.8. The highest BCUT2D eigenvalue weighted by Crippen LogP contribution is 2.33. The molecule has 0 radical (unpaired) electrons. The maximum Gasteiger partial charge on any atom is 0.226 e. The minimum absolute atomic E-state index is 0.0755. The summed E-state index contributed by atoms with van der Waals surface area (Å²) in [7, 11) is 0. The number of rotatable bonds is 4. The van der Waals surface area contributed by atoms with Gasteiger partial charge in [0, 0.05) is 13.2 Å². The third-order valence-corrected chi connectivity index (χ3v) is 5.12. The second kappa shape index (κ2) is 7.71.